The van der Waals surface area contributed by atoms with Crippen LogP contribution < -0.4 is 5.32 Å². The first kappa shape index (κ1) is 19.6. The molecule has 7 heteroatoms. The number of anilines is 1. The first-order valence-corrected chi connectivity index (χ1v) is 9.81. The Morgan fingerprint density at radius 3 is 2.44 bits per heavy atom. The molecule has 2 aromatic rings. The first-order chi connectivity index (χ1) is 12.9. The number of carbonyl (C=O) groups excluding carboxylic acids is 2. The normalized spacial score (nSPS) is 15.5. The third-order valence-electron chi connectivity index (χ3n) is 4.99. The summed E-state index contributed by atoms with van der Waals surface area (Å²) >= 11 is 3.18. The molecular weight excluding hydrogens is 410 g/mol. The van der Waals surface area contributed by atoms with E-state index in [-0.39, 0.29) is 17.6 Å². The minimum Gasteiger partial charge on any atom is -0.444 e. The lowest BCUT2D eigenvalue weighted by Gasteiger charge is -2.35. The Morgan fingerprint density at radius 1 is 1.19 bits per heavy atom. The summed E-state index contributed by atoms with van der Waals surface area (Å²) in [5, 5.41) is 2.78. The van der Waals surface area contributed by atoms with Gasteiger partial charge in [0.1, 0.15) is 0 Å². The highest BCUT2D eigenvalue weighted by Crippen LogP contribution is 2.18. The fourth-order valence-corrected chi connectivity index (χ4v) is 3.53. The predicted molar refractivity (Wildman–Crippen MR) is 108 cm³/mol. The number of hydrogen-bond acceptors (Lipinski definition) is 4. The van der Waals surface area contributed by atoms with Crippen molar-refractivity contribution in [2.45, 2.75) is 25.3 Å². The van der Waals surface area contributed by atoms with Crippen LogP contribution in [-0.2, 0) is 11.2 Å². The van der Waals surface area contributed by atoms with Gasteiger partial charge in [-0.3, -0.25) is 9.59 Å². The number of furan rings is 1. The van der Waals surface area contributed by atoms with Gasteiger partial charge in [0, 0.05) is 18.8 Å². The Hall–Kier alpha value is -2.12. The van der Waals surface area contributed by atoms with Crippen molar-refractivity contribution in [1.29, 1.82) is 0 Å². The number of nitrogens with zero attached hydrogens (tertiary/aromatic N) is 2. The molecule has 0 atom stereocenters. The Balaban J connectivity index is 1.54. The maximum atomic E-state index is 12.6. The molecule has 0 radical (unpaired) electrons. The first-order valence-electron chi connectivity index (χ1n) is 9.02. The van der Waals surface area contributed by atoms with Crippen molar-refractivity contribution in [2.75, 3.05) is 32.5 Å². The highest BCUT2D eigenvalue weighted by Gasteiger charge is 2.23. The monoisotopic (exact) mass is 433 g/mol. The third kappa shape index (κ3) is 5.20. The number of likely N-dealkylation sites (N-methyl/N-ethyl adjacent to an activating group) is 1. The lowest BCUT2D eigenvalue weighted by molar-refractivity contribution is -0.132. The van der Waals surface area contributed by atoms with E-state index < -0.39 is 0 Å². The van der Waals surface area contributed by atoms with Gasteiger partial charge in [-0.15, -0.1) is 0 Å². The summed E-state index contributed by atoms with van der Waals surface area (Å²) in [5.74, 6) is 0.0502. The van der Waals surface area contributed by atoms with Crippen molar-refractivity contribution in [2.24, 2.45) is 0 Å². The van der Waals surface area contributed by atoms with Gasteiger partial charge >= 0.3 is 0 Å². The molecular formula is C20H24BrN3O3. The molecule has 0 saturated carbocycles. The van der Waals surface area contributed by atoms with Gasteiger partial charge in [0.05, 0.1) is 6.42 Å². The zero-order chi connectivity index (χ0) is 19.4. The lowest BCUT2D eigenvalue weighted by Crippen LogP contribution is -2.44. The predicted octanol–water partition coefficient (Wildman–Crippen LogP) is 3.39. The quantitative estimate of drug-likeness (QED) is 0.784. The van der Waals surface area contributed by atoms with E-state index in [2.05, 4.69) is 33.2 Å². The summed E-state index contributed by atoms with van der Waals surface area (Å²) in [4.78, 5) is 28.8. The highest BCUT2D eigenvalue weighted by molar-refractivity contribution is 9.10. The smallest absolute Gasteiger partial charge is 0.291 e. The maximum absolute atomic E-state index is 12.6. The van der Waals surface area contributed by atoms with Gasteiger partial charge < -0.3 is 19.5 Å². The molecule has 6 nitrogen and oxygen atoms in total. The number of hydrogen-bond donors (Lipinski definition) is 1. The van der Waals surface area contributed by atoms with Gasteiger partial charge in [0.25, 0.3) is 5.91 Å². The zero-order valence-corrected chi connectivity index (χ0v) is 17.2. The number of piperidine rings is 1. The van der Waals surface area contributed by atoms with Crippen LogP contribution >= 0.6 is 15.9 Å². The van der Waals surface area contributed by atoms with Crippen LogP contribution in [0.25, 0.3) is 0 Å². The van der Waals surface area contributed by atoms with Gasteiger partial charge in [0.2, 0.25) is 5.91 Å². The summed E-state index contributed by atoms with van der Waals surface area (Å²) < 4.78 is 5.75. The number of rotatable bonds is 5. The van der Waals surface area contributed by atoms with E-state index in [4.69, 9.17) is 4.42 Å². The molecule has 27 heavy (non-hydrogen) atoms. The summed E-state index contributed by atoms with van der Waals surface area (Å²) in [7, 11) is 4.01. The number of nitrogens with one attached hydrogen (secondary N) is 1. The van der Waals surface area contributed by atoms with Crippen molar-refractivity contribution in [3.63, 3.8) is 0 Å². The van der Waals surface area contributed by atoms with Gasteiger partial charge in [-0.2, -0.15) is 0 Å². The second kappa shape index (κ2) is 8.71. The molecule has 0 aliphatic carbocycles. The molecule has 144 valence electrons. The van der Waals surface area contributed by atoms with Crippen LogP contribution in [0.5, 0.6) is 0 Å². The second-order valence-electron chi connectivity index (χ2n) is 6.97. The minimum atomic E-state index is -0.313. The average molecular weight is 434 g/mol. The second-order valence-corrected chi connectivity index (χ2v) is 7.75. The van der Waals surface area contributed by atoms with Crippen LogP contribution in [0, 0.1) is 0 Å². The van der Waals surface area contributed by atoms with Gasteiger partial charge in [-0.05, 0) is 78.7 Å². The van der Waals surface area contributed by atoms with Crippen LogP contribution in [0.1, 0.15) is 29.0 Å². The third-order valence-corrected chi connectivity index (χ3v) is 5.42. The summed E-state index contributed by atoms with van der Waals surface area (Å²) in [5.41, 5.74) is 1.59. The van der Waals surface area contributed by atoms with Gasteiger partial charge in [0.15, 0.2) is 10.4 Å². The fraction of sp³-hybridized carbons (Fsp3) is 0.400. The number of halogens is 1. The molecule has 1 fully saturated rings. The lowest BCUT2D eigenvalue weighted by atomic mass is 10.0. The molecule has 1 saturated heterocycles. The zero-order valence-electron chi connectivity index (χ0n) is 15.6. The fourth-order valence-electron chi connectivity index (χ4n) is 3.22. The van der Waals surface area contributed by atoms with Crippen molar-refractivity contribution >= 4 is 33.4 Å². The van der Waals surface area contributed by atoms with E-state index in [0.29, 0.717) is 22.8 Å². The van der Waals surface area contributed by atoms with Crippen LogP contribution in [0.3, 0.4) is 0 Å². The minimum absolute atomic E-state index is 0.127. The molecule has 1 aromatic carbocycles. The van der Waals surface area contributed by atoms with E-state index in [1.165, 1.54) is 0 Å². The molecule has 0 unspecified atom stereocenters. The molecule has 0 spiro atoms. The van der Waals surface area contributed by atoms with Crippen LogP contribution in [0.15, 0.2) is 45.5 Å². The maximum Gasteiger partial charge on any atom is 0.291 e. The molecule has 1 aromatic heterocycles. The van der Waals surface area contributed by atoms with Crippen molar-refractivity contribution < 1.29 is 14.0 Å². The van der Waals surface area contributed by atoms with Crippen LogP contribution in [-0.4, -0.2) is 54.8 Å². The standard InChI is InChI=1S/C20H24BrN3O3/c1-23-11-9-16(10-12-23)24(2)19(25)13-14-3-5-15(6-4-14)22-20(26)17-7-8-18(21)27-17/h3-8,16H,9-13H2,1-2H3,(H,22,26). The topological polar surface area (TPSA) is 65.8 Å². The number of likely N-dealkylation sites (tertiary alicyclic amines) is 1. The molecule has 0 bridgehead atoms. The Morgan fingerprint density at radius 2 is 1.85 bits per heavy atom. The van der Waals surface area contributed by atoms with Crippen molar-refractivity contribution in [3.05, 3.63) is 52.4 Å². The molecule has 3 rings (SSSR count). The number of carbonyl (C=O) groups is 2. The van der Waals surface area contributed by atoms with Crippen molar-refractivity contribution in [3.8, 4) is 0 Å². The highest BCUT2D eigenvalue weighted by atomic mass is 79.9. The van der Waals surface area contributed by atoms with Gasteiger partial charge in [-0.1, -0.05) is 12.1 Å². The Bertz CT molecular complexity index is 795. The van der Waals surface area contributed by atoms with E-state index in [1.807, 2.05) is 24.1 Å². The SMILES string of the molecule is CN1CCC(N(C)C(=O)Cc2ccc(NC(=O)c3ccc(Br)o3)cc2)CC1. The summed E-state index contributed by atoms with van der Waals surface area (Å²) in [6, 6.07) is 10.9. The summed E-state index contributed by atoms with van der Waals surface area (Å²) in [6.07, 6.45) is 2.40. The average Bonchev–Trinajstić information content (AvgIpc) is 3.10. The van der Waals surface area contributed by atoms with Gasteiger partial charge in [-0.25, -0.2) is 0 Å². The largest absolute Gasteiger partial charge is 0.444 e. The van der Waals surface area contributed by atoms with Crippen molar-refractivity contribution in [1.82, 2.24) is 9.80 Å². The molecule has 2 heterocycles. The number of benzene rings is 1. The van der Waals surface area contributed by atoms with E-state index in [1.54, 1.807) is 24.3 Å². The van der Waals surface area contributed by atoms with Crippen LogP contribution in [0.4, 0.5) is 5.69 Å². The molecule has 1 aliphatic rings. The van der Waals surface area contributed by atoms with E-state index in [9.17, 15) is 9.59 Å². The molecule has 1 N–H and O–H groups in total. The molecule has 2 amide bonds. The summed E-state index contributed by atoms with van der Waals surface area (Å²) in [6.45, 7) is 2.06. The van der Waals surface area contributed by atoms with E-state index >= 15 is 0 Å². The molecule has 1 aliphatic heterocycles. The Labute approximate surface area is 167 Å². The number of amides is 2. The van der Waals surface area contributed by atoms with E-state index in [0.717, 1.165) is 31.5 Å². The Kier molecular flexibility index (Phi) is 6.34. The van der Waals surface area contributed by atoms with Crippen LogP contribution in [0.2, 0.25) is 0 Å².